The molecule has 0 amide bonds. The molecule has 1 fully saturated rings. The molecule has 3 aromatic carbocycles. The number of ether oxygens (including phenoxy) is 2. The SMILES string of the molecule is COc1cccc(C(=O)[C@H]2CN(S(=O)(=O)CCCCl)C[C@@H](C(=O)c3cccc(OC)c3)C2c2cccc(F)c2C)c1. The van der Waals surface area contributed by atoms with E-state index in [-0.39, 0.29) is 42.7 Å². The van der Waals surface area contributed by atoms with Crippen molar-refractivity contribution in [3.63, 3.8) is 0 Å². The zero-order valence-electron chi connectivity index (χ0n) is 23.2. The smallest absolute Gasteiger partial charge is 0.214 e. The van der Waals surface area contributed by atoms with Gasteiger partial charge in [0, 0.05) is 47.9 Å². The van der Waals surface area contributed by atoms with Gasteiger partial charge in [-0.05, 0) is 54.8 Å². The summed E-state index contributed by atoms with van der Waals surface area (Å²) in [5, 5.41) is 0. The zero-order valence-corrected chi connectivity index (χ0v) is 24.8. The number of Topliss-reactive ketones (excluding diaryl/α,β-unsaturated/α-hetero) is 2. The van der Waals surface area contributed by atoms with Gasteiger partial charge < -0.3 is 9.47 Å². The van der Waals surface area contributed by atoms with Crippen LogP contribution in [0, 0.1) is 24.6 Å². The molecule has 0 spiro atoms. The molecule has 0 aromatic heterocycles. The van der Waals surface area contributed by atoms with E-state index in [1.807, 2.05) is 0 Å². The van der Waals surface area contributed by atoms with Crippen molar-refractivity contribution in [3.05, 3.63) is 94.8 Å². The van der Waals surface area contributed by atoms with Gasteiger partial charge in [-0.1, -0.05) is 36.4 Å². The molecule has 1 aliphatic rings. The van der Waals surface area contributed by atoms with Crippen molar-refractivity contribution in [2.75, 3.05) is 38.9 Å². The number of carbonyl (C=O) groups excluding carboxylic acids is 2. The quantitative estimate of drug-likeness (QED) is 0.213. The summed E-state index contributed by atoms with van der Waals surface area (Å²) in [4.78, 5) is 28.4. The van der Waals surface area contributed by atoms with Crippen molar-refractivity contribution in [3.8, 4) is 11.5 Å². The van der Waals surface area contributed by atoms with Crippen LogP contribution in [0.1, 0.15) is 44.2 Å². The highest BCUT2D eigenvalue weighted by molar-refractivity contribution is 7.89. The lowest BCUT2D eigenvalue weighted by Crippen LogP contribution is -2.52. The standard InChI is InChI=1S/C31H33ClFNO6S/c1-20-25(12-6-13-28(20)33)29-26(30(35)21-8-4-10-23(16-21)39-2)18-34(41(37,38)15-7-14-32)19-27(29)31(36)22-9-5-11-24(17-22)40-3/h4-6,8-13,16-17,26-27,29H,7,14-15,18-19H2,1-3H3/t26-,27+,29?. The zero-order chi connectivity index (χ0) is 29.7. The van der Waals surface area contributed by atoms with Gasteiger partial charge in [-0.15, -0.1) is 11.6 Å². The monoisotopic (exact) mass is 601 g/mol. The van der Waals surface area contributed by atoms with Gasteiger partial charge in [0.25, 0.3) is 0 Å². The van der Waals surface area contributed by atoms with E-state index in [9.17, 15) is 22.4 Å². The minimum atomic E-state index is -3.87. The fraction of sp³-hybridized carbons (Fsp3) is 0.355. The summed E-state index contributed by atoms with van der Waals surface area (Å²) in [5.74, 6) is -3.12. The molecule has 7 nitrogen and oxygen atoms in total. The fourth-order valence-corrected chi connectivity index (χ4v) is 7.34. The number of piperidine rings is 1. The molecule has 4 rings (SSSR count). The highest BCUT2D eigenvalue weighted by Crippen LogP contribution is 2.43. The van der Waals surface area contributed by atoms with E-state index in [2.05, 4.69) is 0 Å². The van der Waals surface area contributed by atoms with Crippen LogP contribution in [0.2, 0.25) is 0 Å². The normalized spacial score (nSPS) is 19.5. The Kier molecular flexibility index (Phi) is 9.84. The fourth-order valence-electron chi connectivity index (χ4n) is 5.51. The van der Waals surface area contributed by atoms with Gasteiger partial charge in [-0.25, -0.2) is 17.1 Å². The molecule has 41 heavy (non-hydrogen) atoms. The summed E-state index contributed by atoms with van der Waals surface area (Å²) in [5.41, 5.74) is 1.41. The number of alkyl halides is 1. The molecule has 0 bridgehead atoms. The van der Waals surface area contributed by atoms with E-state index in [1.54, 1.807) is 67.6 Å². The largest absolute Gasteiger partial charge is 0.497 e. The number of hydrogen-bond donors (Lipinski definition) is 0. The Bertz CT molecular complexity index is 1460. The summed E-state index contributed by atoms with van der Waals surface area (Å²) < 4.78 is 53.7. The topological polar surface area (TPSA) is 90.0 Å². The van der Waals surface area contributed by atoms with Crippen LogP contribution in [-0.4, -0.2) is 63.2 Å². The van der Waals surface area contributed by atoms with Crippen molar-refractivity contribution in [1.29, 1.82) is 0 Å². The molecule has 3 atom stereocenters. The number of halogens is 2. The summed E-state index contributed by atoms with van der Waals surface area (Å²) in [6.45, 7) is 1.28. The minimum Gasteiger partial charge on any atom is -0.497 e. The van der Waals surface area contributed by atoms with Gasteiger partial charge in [0.05, 0.1) is 20.0 Å². The number of rotatable bonds is 11. The molecule has 0 aliphatic carbocycles. The van der Waals surface area contributed by atoms with Crippen LogP contribution in [0.3, 0.4) is 0 Å². The Morgan fingerprint density at radius 1 is 0.902 bits per heavy atom. The van der Waals surface area contributed by atoms with Crippen LogP contribution in [-0.2, 0) is 10.0 Å². The number of nitrogens with zero attached hydrogens (tertiary/aromatic N) is 1. The van der Waals surface area contributed by atoms with Crippen LogP contribution in [0.4, 0.5) is 4.39 Å². The third-order valence-corrected chi connectivity index (χ3v) is 9.80. The molecule has 3 aromatic rings. The molecule has 1 aliphatic heterocycles. The maximum atomic E-state index is 14.9. The summed E-state index contributed by atoms with van der Waals surface area (Å²) in [6.07, 6.45) is 0.218. The average molecular weight is 602 g/mol. The lowest BCUT2D eigenvalue weighted by atomic mass is 9.68. The lowest BCUT2D eigenvalue weighted by Gasteiger charge is -2.43. The van der Waals surface area contributed by atoms with Crippen molar-refractivity contribution >= 4 is 33.2 Å². The third kappa shape index (κ3) is 6.63. The van der Waals surface area contributed by atoms with E-state index in [4.69, 9.17) is 21.1 Å². The Balaban J connectivity index is 1.91. The molecular weight excluding hydrogens is 569 g/mol. The molecule has 0 radical (unpaired) electrons. The molecule has 10 heteroatoms. The van der Waals surface area contributed by atoms with Crippen LogP contribution >= 0.6 is 11.6 Å². The van der Waals surface area contributed by atoms with Crippen molar-refractivity contribution in [2.24, 2.45) is 11.8 Å². The number of hydrogen-bond acceptors (Lipinski definition) is 6. The molecule has 1 saturated heterocycles. The molecule has 1 unspecified atom stereocenters. The number of methoxy groups -OCH3 is 2. The van der Waals surface area contributed by atoms with Crippen LogP contribution in [0.15, 0.2) is 66.7 Å². The van der Waals surface area contributed by atoms with E-state index in [1.165, 1.54) is 24.6 Å². The highest BCUT2D eigenvalue weighted by Gasteiger charge is 2.48. The first-order valence-corrected chi connectivity index (χ1v) is 15.4. The van der Waals surface area contributed by atoms with Crippen LogP contribution < -0.4 is 9.47 Å². The van der Waals surface area contributed by atoms with Gasteiger partial charge >= 0.3 is 0 Å². The van der Waals surface area contributed by atoms with Crippen molar-refractivity contribution < 1.29 is 31.9 Å². The second-order valence-electron chi connectivity index (χ2n) is 10.1. The molecule has 0 saturated carbocycles. The van der Waals surface area contributed by atoms with E-state index in [0.717, 1.165) is 0 Å². The Morgan fingerprint density at radius 2 is 1.41 bits per heavy atom. The Labute approximate surface area is 245 Å². The summed E-state index contributed by atoms with van der Waals surface area (Å²) in [6, 6.07) is 17.7. The second-order valence-corrected chi connectivity index (χ2v) is 12.5. The van der Waals surface area contributed by atoms with Gasteiger partial charge in [0.15, 0.2) is 11.6 Å². The van der Waals surface area contributed by atoms with Crippen molar-refractivity contribution in [2.45, 2.75) is 19.3 Å². The van der Waals surface area contributed by atoms with Gasteiger partial charge in [0.1, 0.15) is 17.3 Å². The second kappa shape index (κ2) is 13.1. The summed E-state index contributed by atoms with van der Waals surface area (Å²) in [7, 11) is -0.905. The maximum Gasteiger partial charge on any atom is 0.214 e. The molecule has 218 valence electrons. The Hall–Kier alpha value is -3.27. The predicted molar refractivity (Wildman–Crippen MR) is 156 cm³/mol. The maximum absolute atomic E-state index is 14.9. The summed E-state index contributed by atoms with van der Waals surface area (Å²) >= 11 is 5.81. The first-order valence-electron chi connectivity index (χ1n) is 13.3. The van der Waals surface area contributed by atoms with Gasteiger partial charge in [0.2, 0.25) is 10.0 Å². The third-order valence-electron chi connectivity index (χ3n) is 7.65. The first kappa shape index (κ1) is 30.7. The van der Waals surface area contributed by atoms with Gasteiger partial charge in [-0.2, -0.15) is 0 Å². The lowest BCUT2D eigenvalue weighted by molar-refractivity contribution is 0.0694. The average Bonchev–Trinajstić information content (AvgIpc) is 3.00. The van der Waals surface area contributed by atoms with E-state index < -0.39 is 33.6 Å². The predicted octanol–water partition coefficient (Wildman–Crippen LogP) is 5.51. The van der Waals surface area contributed by atoms with E-state index >= 15 is 0 Å². The van der Waals surface area contributed by atoms with Crippen LogP contribution in [0.5, 0.6) is 11.5 Å². The van der Waals surface area contributed by atoms with Crippen LogP contribution in [0.25, 0.3) is 0 Å². The number of carbonyl (C=O) groups is 2. The number of benzene rings is 3. The minimum absolute atomic E-state index is 0.149. The molecule has 1 heterocycles. The number of sulfonamides is 1. The van der Waals surface area contributed by atoms with E-state index in [0.29, 0.717) is 33.8 Å². The molecular formula is C31H33ClFNO6S. The molecule has 0 N–H and O–H groups in total. The number of ketones is 2. The Morgan fingerprint density at radius 3 is 1.90 bits per heavy atom. The van der Waals surface area contributed by atoms with Crippen molar-refractivity contribution in [1.82, 2.24) is 4.31 Å². The van der Waals surface area contributed by atoms with Gasteiger partial charge in [-0.3, -0.25) is 9.59 Å². The first-order chi connectivity index (χ1) is 19.6. The highest BCUT2D eigenvalue weighted by atomic mass is 35.5.